The number of ether oxygens (including phenoxy) is 1. The predicted molar refractivity (Wildman–Crippen MR) is 75.5 cm³/mol. The van der Waals surface area contributed by atoms with Crippen molar-refractivity contribution in [3.05, 3.63) is 0 Å². The topological polar surface area (TPSA) is 72.5 Å². The Labute approximate surface area is 118 Å². The Morgan fingerprint density at radius 2 is 2.16 bits per heavy atom. The van der Waals surface area contributed by atoms with Crippen molar-refractivity contribution in [2.75, 3.05) is 25.2 Å². The first kappa shape index (κ1) is 15.1. The Morgan fingerprint density at radius 1 is 1.37 bits per heavy atom. The first-order valence-corrected chi connectivity index (χ1v) is 9.38. The summed E-state index contributed by atoms with van der Waals surface area (Å²) < 4.78 is 32.0. The first-order chi connectivity index (χ1) is 9.04. The molecule has 1 aliphatic heterocycles. The SMILES string of the molecule is COC(=O)C1CCCC1S(=O)(=O)NCC1CCSC1. The van der Waals surface area contributed by atoms with Crippen LogP contribution in [0.1, 0.15) is 25.7 Å². The van der Waals surface area contributed by atoms with Crippen LogP contribution in [0.15, 0.2) is 0 Å². The number of nitrogens with one attached hydrogen (secondary N) is 1. The Kier molecular flexibility index (Phi) is 5.14. The smallest absolute Gasteiger partial charge is 0.310 e. The van der Waals surface area contributed by atoms with Crippen molar-refractivity contribution in [2.45, 2.75) is 30.9 Å². The van der Waals surface area contributed by atoms with E-state index in [0.29, 0.717) is 25.3 Å². The highest BCUT2D eigenvalue weighted by Gasteiger charge is 2.42. The fourth-order valence-corrected chi connectivity index (χ4v) is 5.93. The van der Waals surface area contributed by atoms with E-state index in [9.17, 15) is 13.2 Å². The number of carbonyl (C=O) groups excluding carboxylic acids is 1. The summed E-state index contributed by atoms with van der Waals surface area (Å²) >= 11 is 1.87. The van der Waals surface area contributed by atoms with E-state index >= 15 is 0 Å². The van der Waals surface area contributed by atoms with Gasteiger partial charge < -0.3 is 4.74 Å². The largest absolute Gasteiger partial charge is 0.469 e. The van der Waals surface area contributed by atoms with Gasteiger partial charge in [0.2, 0.25) is 10.0 Å². The normalized spacial score (nSPS) is 31.5. The van der Waals surface area contributed by atoms with Crippen molar-refractivity contribution < 1.29 is 17.9 Å². The van der Waals surface area contributed by atoms with Crippen LogP contribution < -0.4 is 4.72 Å². The highest BCUT2D eigenvalue weighted by Crippen LogP contribution is 2.32. The molecule has 1 N–H and O–H groups in total. The van der Waals surface area contributed by atoms with Crippen molar-refractivity contribution >= 4 is 27.8 Å². The van der Waals surface area contributed by atoms with Crippen molar-refractivity contribution in [1.29, 1.82) is 0 Å². The number of esters is 1. The van der Waals surface area contributed by atoms with E-state index in [1.54, 1.807) is 0 Å². The molecule has 1 saturated carbocycles. The quantitative estimate of drug-likeness (QED) is 0.767. The molecule has 0 radical (unpaired) electrons. The van der Waals surface area contributed by atoms with Crippen LogP contribution >= 0.6 is 11.8 Å². The molecule has 0 aromatic carbocycles. The molecule has 0 bridgehead atoms. The van der Waals surface area contributed by atoms with E-state index in [4.69, 9.17) is 4.74 Å². The number of thioether (sulfide) groups is 1. The highest BCUT2D eigenvalue weighted by atomic mass is 32.2. The lowest BCUT2D eigenvalue weighted by molar-refractivity contribution is -0.145. The molecule has 1 heterocycles. The molecular formula is C12H21NO4S2. The molecule has 7 heteroatoms. The molecule has 2 fully saturated rings. The summed E-state index contributed by atoms with van der Waals surface area (Å²) in [6.45, 7) is 0.500. The fourth-order valence-electron chi connectivity index (χ4n) is 2.80. The van der Waals surface area contributed by atoms with E-state index in [1.165, 1.54) is 7.11 Å². The summed E-state index contributed by atoms with van der Waals surface area (Å²) in [7, 11) is -2.10. The molecule has 110 valence electrons. The van der Waals surface area contributed by atoms with Gasteiger partial charge in [-0.1, -0.05) is 6.42 Å². The zero-order valence-electron chi connectivity index (χ0n) is 11.1. The van der Waals surface area contributed by atoms with E-state index in [-0.39, 0.29) is 0 Å². The molecule has 5 nitrogen and oxygen atoms in total. The lowest BCUT2D eigenvalue weighted by Crippen LogP contribution is -2.41. The van der Waals surface area contributed by atoms with Gasteiger partial charge in [0, 0.05) is 6.54 Å². The second kappa shape index (κ2) is 6.45. The average Bonchev–Trinajstić information content (AvgIpc) is 3.06. The molecule has 0 aromatic heterocycles. The van der Waals surface area contributed by atoms with Crippen LogP contribution in [-0.2, 0) is 19.6 Å². The van der Waals surface area contributed by atoms with Crippen LogP contribution in [0.5, 0.6) is 0 Å². The van der Waals surface area contributed by atoms with Gasteiger partial charge in [-0.2, -0.15) is 11.8 Å². The second-order valence-electron chi connectivity index (χ2n) is 5.22. The van der Waals surface area contributed by atoms with E-state index in [2.05, 4.69) is 4.72 Å². The minimum Gasteiger partial charge on any atom is -0.469 e. The van der Waals surface area contributed by atoms with Gasteiger partial charge in [0.15, 0.2) is 0 Å². The summed E-state index contributed by atoms with van der Waals surface area (Å²) in [6, 6.07) is 0. The lowest BCUT2D eigenvalue weighted by Gasteiger charge is -2.19. The van der Waals surface area contributed by atoms with Gasteiger partial charge in [-0.25, -0.2) is 13.1 Å². The maximum atomic E-state index is 12.3. The van der Waals surface area contributed by atoms with Crippen molar-refractivity contribution in [3.63, 3.8) is 0 Å². The lowest BCUT2D eigenvalue weighted by atomic mass is 10.1. The molecule has 0 aromatic rings. The van der Waals surface area contributed by atoms with Crippen LogP contribution in [-0.4, -0.2) is 44.8 Å². The second-order valence-corrected chi connectivity index (χ2v) is 8.36. The summed E-state index contributed by atoms with van der Waals surface area (Å²) in [5.74, 6) is 1.66. The zero-order valence-corrected chi connectivity index (χ0v) is 12.8. The summed E-state index contributed by atoms with van der Waals surface area (Å²) in [6.07, 6.45) is 2.99. The van der Waals surface area contributed by atoms with Crippen LogP contribution in [0, 0.1) is 11.8 Å². The molecule has 0 spiro atoms. The van der Waals surface area contributed by atoms with Gasteiger partial charge in [-0.3, -0.25) is 4.79 Å². The Hall–Kier alpha value is -0.270. The van der Waals surface area contributed by atoms with Crippen molar-refractivity contribution in [3.8, 4) is 0 Å². The molecule has 0 amide bonds. The van der Waals surface area contributed by atoms with Crippen molar-refractivity contribution in [1.82, 2.24) is 4.72 Å². The van der Waals surface area contributed by atoms with Gasteiger partial charge in [0.05, 0.1) is 18.3 Å². The minimum atomic E-state index is -3.41. The average molecular weight is 307 g/mol. The third-order valence-corrected chi connectivity index (χ3v) is 7.11. The number of methoxy groups -OCH3 is 1. The summed E-state index contributed by atoms with van der Waals surface area (Å²) in [5.41, 5.74) is 0. The van der Waals surface area contributed by atoms with Crippen LogP contribution in [0.3, 0.4) is 0 Å². The monoisotopic (exact) mass is 307 g/mol. The van der Waals surface area contributed by atoms with E-state index < -0.39 is 27.2 Å². The Balaban J connectivity index is 1.95. The summed E-state index contributed by atoms with van der Waals surface area (Å²) in [4.78, 5) is 11.6. The third-order valence-electron chi connectivity index (χ3n) is 3.95. The predicted octanol–water partition coefficient (Wildman–Crippen LogP) is 1.00. The van der Waals surface area contributed by atoms with E-state index in [0.717, 1.165) is 24.3 Å². The van der Waals surface area contributed by atoms with E-state index in [1.807, 2.05) is 11.8 Å². The number of sulfonamides is 1. The number of hydrogen-bond acceptors (Lipinski definition) is 5. The first-order valence-electron chi connectivity index (χ1n) is 6.68. The number of hydrogen-bond donors (Lipinski definition) is 1. The van der Waals surface area contributed by atoms with Crippen LogP contribution in [0.25, 0.3) is 0 Å². The summed E-state index contributed by atoms with van der Waals surface area (Å²) in [5, 5.41) is -0.617. The fraction of sp³-hybridized carbons (Fsp3) is 0.917. The molecule has 19 heavy (non-hydrogen) atoms. The zero-order chi connectivity index (χ0) is 13.9. The molecule has 3 atom stereocenters. The third kappa shape index (κ3) is 3.64. The molecule has 1 saturated heterocycles. The Bertz CT molecular complexity index is 417. The highest BCUT2D eigenvalue weighted by molar-refractivity contribution is 7.99. The Morgan fingerprint density at radius 3 is 2.79 bits per heavy atom. The maximum absolute atomic E-state index is 12.3. The van der Waals surface area contributed by atoms with Crippen LogP contribution in [0.4, 0.5) is 0 Å². The van der Waals surface area contributed by atoms with Gasteiger partial charge in [0.25, 0.3) is 0 Å². The van der Waals surface area contributed by atoms with Gasteiger partial charge >= 0.3 is 5.97 Å². The maximum Gasteiger partial charge on any atom is 0.310 e. The number of rotatable bonds is 5. The number of carbonyl (C=O) groups is 1. The van der Waals surface area contributed by atoms with Crippen LogP contribution in [0.2, 0.25) is 0 Å². The van der Waals surface area contributed by atoms with Crippen molar-refractivity contribution in [2.24, 2.45) is 11.8 Å². The van der Waals surface area contributed by atoms with Gasteiger partial charge in [0.1, 0.15) is 0 Å². The standard InChI is InChI=1S/C12H21NO4S2/c1-17-12(14)10-3-2-4-11(10)19(15,16)13-7-9-5-6-18-8-9/h9-11,13H,2-8H2,1H3. The molecule has 1 aliphatic carbocycles. The van der Waals surface area contributed by atoms with Gasteiger partial charge in [-0.15, -0.1) is 0 Å². The molecular weight excluding hydrogens is 286 g/mol. The molecule has 2 rings (SSSR count). The minimum absolute atomic E-state index is 0.399. The molecule has 2 aliphatic rings. The molecule has 3 unspecified atom stereocenters. The van der Waals surface area contributed by atoms with Gasteiger partial charge in [-0.05, 0) is 36.7 Å².